The summed E-state index contributed by atoms with van der Waals surface area (Å²) in [7, 11) is 1.59. The number of rotatable bonds is 5. The molecule has 0 bridgehead atoms. The summed E-state index contributed by atoms with van der Waals surface area (Å²) < 4.78 is 19.8. The van der Waals surface area contributed by atoms with E-state index in [2.05, 4.69) is 26.0 Å². The topological polar surface area (TPSA) is 63.7 Å². The van der Waals surface area contributed by atoms with Crippen LogP contribution in [-0.4, -0.2) is 27.0 Å². The third-order valence-electron chi connectivity index (χ3n) is 4.51. The molecule has 0 radical (unpaired) electrons. The summed E-state index contributed by atoms with van der Waals surface area (Å²) in [5, 5.41) is 1.01. The Labute approximate surface area is 156 Å². The molecule has 4 aromatic rings. The number of methoxy groups -OCH3 is 1. The Hall–Kier alpha value is -3.28. The number of hydrogen-bond acceptors (Lipinski definition) is 4. The molecule has 27 heavy (non-hydrogen) atoms. The molecule has 0 aliphatic carbocycles. The fourth-order valence-corrected chi connectivity index (χ4v) is 3.13. The van der Waals surface area contributed by atoms with Crippen LogP contribution in [0.5, 0.6) is 5.75 Å². The maximum Gasteiger partial charge on any atom is 0.216 e. The highest BCUT2D eigenvalue weighted by atomic mass is 19.1. The number of fused-ring (bicyclic) bond motifs is 1. The van der Waals surface area contributed by atoms with Crippen LogP contribution in [0.2, 0.25) is 0 Å². The van der Waals surface area contributed by atoms with Gasteiger partial charge in [0.25, 0.3) is 0 Å². The fourth-order valence-electron chi connectivity index (χ4n) is 3.13. The van der Waals surface area contributed by atoms with E-state index >= 15 is 0 Å². The first-order valence-corrected chi connectivity index (χ1v) is 8.67. The molecule has 6 heteroatoms. The van der Waals surface area contributed by atoms with Gasteiger partial charge in [-0.05, 0) is 41.8 Å². The van der Waals surface area contributed by atoms with E-state index < -0.39 is 5.95 Å². The van der Waals surface area contributed by atoms with Gasteiger partial charge >= 0.3 is 0 Å². The molecule has 1 N–H and O–H groups in total. The quantitative estimate of drug-likeness (QED) is 0.545. The summed E-state index contributed by atoms with van der Waals surface area (Å²) in [6.45, 7) is 1.99. The zero-order valence-electron chi connectivity index (χ0n) is 15.2. The van der Waals surface area contributed by atoms with Crippen molar-refractivity contribution in [1.82, 2.24) is 19.9 Å². The summed E-state index contributed by atoms with van der Waals surface area (Å²) in [6, 6.07) is 7.59. The van der Waals surface area contributed by atoms with Crippen LogP contribution in [0.4, 0.5) is 4.39 Å². The number of nitrogens with zero attached hydrogens (tertiary/aromatic N) is 3. The van der Waals surface area contributed by atoms with Crippen LogP contribution in [-0.2, 0) is 12.8 Å². The molecule has 0 atom stereocenters. The summed E-state index contributed by atoms with van der Waals surface area (Å²) in [5.41, 5.74) is 5.03. The van der Waals surface area contributed by atoms with Gasteiger partial charge in [-0.25, -0.2) is 9.97 Å². The summed E-state index contributed by atoms with van der Waals surface area (Å²) in [4.78, 5) is 15.8. The lowest BCUT2D eigenvalue weighted by Gasteiger charge is -2.07. The molecule has 5 nitrogen and oxygen atoms in total. The number of nitrogens with one attached hydrogen (secondary N) is 1. The zero-order chi connectivity index (χ0) is 18.8. The number of ether oxygens (including phenoxy) is 1. The van der Waals surface area contributed by atoms with Crippen LogP contribution in [0.1, 0.15) is 27.9 Å². The second-order valence-corrected chi connectivity index (χ2v) is 6.56. The van der Waals surface area contributed by atoms with E-state index in [1.165, 1.54) is 0 Å². The largest absolute Gasteiger partial charge is 0.495 e. The molecule has 0 aliphatic rings. The number of hydrogen-bond donors (Lipinski definition) is 1. The van der Waals surface area contributed by atoms with E-state index in [4.69, 9.17) is 4.74 Å². The van der Waals surface area contributed by atoms with Crippen LogP contribution in [0.25, 0.3) is 11.0 Å². The van der Waals surface area contributed by atoms with Crippen LogP contribution < -0.4 is 4.74 Å². The first-order chi connectivity index (χ1) is 13.1. The molecule has 4 heterocycles. The minimum atomic E-state index is -0.446. The number of aryl methyl sites for hydroxylation is 1. The van der Waals surface area contributed by atoms with E-state index in [0.29, 0.717) is 29.8 Å². The lowest BCUT2D eigenvalue weighted by atomic mass is 10.0. The lowest BCUT2D eigenvalue weighted by molar-refractivity contribution is 0.412. The second kappa shape index (κ2) is 7.15. The maximum atomic E-state index is 14.6. The highest BCUT2D eigenvalue weighted by Gasteiger charge is 2.11. The van der Waals surface area contributed by atoms with E-state index in [1.54, 1.807) is 25.6 Å². The van der Waals surface area contributed by atoms with Crippen molar-refractivity contribution in [3.63, 3.8) is 0 Å². The van der Waals surface area contributed by atoms with Crippen molar-refractivity contribution >= 4 is 11.0 Å². The van der Waals surface area contributed by atoms with E-state index in [-0.39, 0.29) is 0 Å². The Bertz CT molecular complexity index is 1110. The Morgan fingerprint density at radius 2 is 1.96 bits per heavy atom. The summed E-state index contributed by atoms with van der Waals surface area (Å²) in [6.07, 6.45) is 8.03. The predicted octanol–water partition coefficient (Wildman–Crippen LogP) is 3.99. The van der Waals surface area contributed by atoms with Crippen molar-refractivity contribution in [2.75, 3.05) is 7.11 Å². The molecule has 4 aromatic heterocycles. The minimum Gasteiger partial charge on any atom is -0.495 e. The number of aromatic nitrogens is 4. The molecule has 0 saturated carbocycles. The van der Waals surface area contributed by atoms with Gasteiger partial charge in [-0.3, -0.25) is 4.98 Å². The number of pyridine rings is 3. The minimum absolute atomic E-state index is 0.446. The first-order valence-electron chi connectivity index (χ1n) is 8.67. The van der Waals surface area contributed by atoms with Crippen molar-refractivity contribution < 1.29 is 9.13 Å². The first kappa shape index (κ1) is 17.1. The molecule has 0 aliphatic heterocycles. The number of aromatic amines is 1. The van der Waals surface area contributed by atoms with Gasteiger partial charge in [-0.2, -0.15) is 4.39 Å². The smallest absolute Gasteiger partial charge is 0.216 e. The molecule has 0 unspecified atom stereocenters. The molecule has 0 saturated heterocycles. The van der Waals surface area contributed by atoms with Gasteiger partial charge in [-0.15, -0.1) is 0 Å². The highest BCUT2D eigenvalue weighted by molar-refractivity contribution is 5.80. The Balaban J connectivity index is 1.57. The Morgan fingerprint density at radius 1 is 1.07 bits per heavy atom. The number of halogens is 1. The summed E-state index contributed by atoms with van der Waals surface area (Å²) >= 11 is 0. The molecule has 0 fully saturated rings. The van der Waals surface area contributed by atoms with E-state index in [1.807, 2.05) is 31.5 Å². The fraction of sp³-hybridized carbons (Fsp3) is 0.190. The van der Waals surface area contributed by atoms with Crippen molar-refractivity contribution in [2.24, 2.45) is 0 Å². The Morgan fingerprint density at radius 3 is 2.78 bits per heavy atom. The van der Waals surface area contributed by atoms with Gasteiger partial charge < -0.3 is 9.72 Å². The lowest BCUT2D eigenvalue weighted by Crippen LogP contribution is -2.01. The molecule has 136 valence electrons. The van der Waals surface area contributed by atoms with E-state index in [9.17, 15) is 4.39 Å². The van der Waals surface area contributed by atoms with Crippen LogP contribution >= 0.6 is 0 Å². The highest BCUT2D eigenvalue weighted by Crippen LogP contribution is 2.22. The van der Waals surface area contributed by atoms with Gasteiger partial charge in [0.1, 0.15) is 11.4 Å². The van der Waals surface area contributed by atoms with Crippen LogP contribution in [0.15, 0.2) is 49.1 Å². The van der Waals surface area contributed by atoms with Crippen molar-refractivity contribution in [3.05, 3.63) is 82.9 Å². The van der Waals surface area contributed by atoms with Crippen molar-refractivity contribution in [3.8, 4) is 5.75 Å². The number of H-pyrrole nitrogens is 1. The molecule has 4 rings (SSSR count). The van der Waals surface area contributed by atoms with Gasteiger partial charge in [-0.1, -0.05) is 6.07 Å². The third-order valence-corrected chi connectivity index (χ3v) is 4.51. The third kappa shape index (κ3) is 3.65. The van der Waals surface area contributed by atoms with Gasteiger partial charge in [0.2, 0.25) is 5.95 Å². The zero-order valence-corrected chi connectivity index (χ0v) is 15.2. The summed E-state index contributed by atoms with van der Waals surface area (Å²) in [5.74, 6) is 0.228. The van der Waals surface area contributed by atoms with Gasteiger partial charge in [0, 0.05) is 48.1 Å². The monoisotopic (exact) mass is 362 g/mol. The van der Waals surface area contributed by atoms with Gasteiger partial charge in [0.05, 0.1) is 13.3 Å². The van der Waals surface area contributed by atoms with E-state index in [0.717, 1.165) is 27.7 Å². The molecule has 0 amide bonds. The SMILES string of the molecule is COc1cncc(Cc2ccc(Cc3c[nH]c4ncc(C)cc34)c(F)n2)c1. The maximum absolute atomic E-state index is 14.6. The van der Waals surface area contributed by atoms with Crippen molar-refractivity contribution in [2.45, 2.75) is 19.8 Å². The molecule has 0 spiro atoms. The average Bonchev–Trinajstić information content (AvgIpc) is 3.06. The van der Waals surface area contributed by atoms with Crippen LogP contribution in [0.3, 0.4) is 0 Å². The van der Waals surface area contributed by atoms with Crippen LogP contribution in [0, 0.1) is 12.9 Å². The molecular weight excluding hydrogens is 343 g/mol. The standard InChI is InChI=1S/C21H19FN4O/c1-13-5-19-16(11-25-21(19)24-9-13)8-15-3-4-17(26-20(15)22)6-14-7-18(27-2)12-23-10-14/h3-5,7,9-12H,6,8H2,1-2H3,(H,24,25). The molecular formula is C21H19FN4O. The Kier molecular flexibility index (Phi) is 4.54. The normalized spacial score (nSPS) is 11.1. The second-order valence-electron chi connectivity index (χ2n) is 6.56. The average molecular weight is 362 g/mol. The van der Waals surface area contributed by atoms with Crippen molar-refractivity contribution in [1.29, 1.82) is 0 Å². The van der Waals surface area contributed by atoms with Gasteiger partial charge in [0.15, 0.2) is 0 Å². The molecule has 0 aromatic carbocycles. The predicted molar refractivity (Wildman–Crippen MR) is 101 cm³/mol.